The molecule has 4 saturated heterocycles. The highest BCUT2D eigenvalue weighted by atomic mass is 32.2. The molecule has 0 radical (unpaired) electrons. The Morgan fingerprint density at radius 2 is 1.11 bits per heavy atom. The van der Waals surface area contributed by atoms with Gasteiger partial charge in [0.2, 0.25) is 20.0 Å². The van der Waals surface area contributed by atoms with E-state index >= 15 is 0 Å². The van der Waals surface area contributed by atoms with Gasteiger partial charge in [0.15, 0.2) is 23.7 Å². The molecule has 10 atom stereocenters. The first kappa shape index (κ1) is 38.0. The zero-order valence-electron chi connectivity index (χ0n) is 65.9. The molecule has 2 amide bonds. The molecule has 0 bridgehead atoms. The number of hydrogen-bond acceptors (Lipinski definition) is 18. The van der Waals surface area contributed by atoms with Gasteiger partial charge in [0.05, 0.1) is 91.9 Å². The van der Waals surface area contributed by atoms with Crippen LogP contribution in [0.4, 0.5) is 9.59 Å². The van der Waals surface area contributed by atoms with Crippen LogP contribution in [0.15, 0.2) is 116 Å². The highest BCUT2D eigenvalue weighted by Gasteiger charge is 2.46. The fourth-order valence-corrected chi connectivity index (χ4v) is 12.1. The number of sulfonamides is 2. The minimum atomic E-state index is -5.38. The Morgan fingerprint density at radius 1 is 0.671 bits per heavy atom. The van der Waals surface area contributed by atoms with Gasteiger partial charge in [0.1, 0.15) is 12.2 Å². The Morgan fingerprint density at radius 3 is 1.56 bits per heavy atom. The summed E-state index contributed by atoms with van der Waals surface area (Å²) >= 11 is 0. The number of hydrogen-bond donors (Lipinski definition) is 4. The molecule has 0 saturated carbocycles. The fraction of sp³-hybridized carbons (Fsp3) is 0.517. The van der Waals surface area contributed by atoms with Crippen LogP contribution in [0.3, 0.4) is 0 Å². The molecular formula is C58H74N6O16S2. The van der Waals surface area contributed by atoms with E-state index in [-0.39, 0.29) is 70.8 Å². The van der Waals surface area contributed by atoms with Crippen LogP contribution >= 0.6 is 0 Å². The van der Waals surface area contributed by atoms with Gasteiger partial charge in [-0.3, -0.25) is 0 Å². The molecule has 6 aromatic rings. The first-order chi connectivity index (χ1) is 47.8. The number of rotatable bonds is 22. The third-order valence-corrected chi connectivity index (χ3v) is 17.1. The number of alkyl carbamates (subject to hydrolysis) is 2. The van der Waals surface area contributed by atoms with Gasteiger partial charge in [-0.15, -0.1) is 0 Å². The molecule has 0 aliphatic carbocycles. The average molecular weight is 1200 g/mol. The van der Waals surface area contributed by atoms with E-state index in [0.29, 0.717) is 21.1 Å². The fourth-order valence-electron chi connectivity index (χ4n) is 9.37. The van der Waals surface area contributed by atoms with Crippen LogP contribution in [0.25, 0.3) is 21.9 Å². The third kappa shape index (κ3) is 14.6. The molecule has 22 nitrogen and oxygen atoms in total. The number of aliphatic hydroxyl groups is 2. The van der Waals surface area contributed by atoms with E-state index < -0.39 is 181 Å². The van der Waals surface area contributed by atoms with Crippen LogP contribution in [-0.4, -0.2) is 160 Å². The van der Waals surface area contributed by atoms with E-state index in [4.69, 9.17) is 67.6 Å². The van der Waals surface area contributed by atoms with Crippen molar-refractivity contribution in [3.8, 4) is 0 Å². The van der Waals surface area contributed by atoms with Crippen LogP contribution in [0.1, 0.15) is 92.9 Å². The average Bonchev–Trinajstić information content (AvgIpc) is 0.988. The van der Waals surface area contributed by atoms with Gasteiger partial charge < -0.3 is 58.3 Å². The van der Waals surface area contributed by atoms with Crippen LogP contribution in [0.5, 0.6) is 0 Å². The van der Waals surface area contributed by atoms with Crippen molar-refractivity contribution in [1.29, 1.82) is 0 Å². The second-order valence-corrected chi connectivity index (χ2v) is 23.2. The summed E-state index contributed by atoms with van der Waals surface area (Å²) < 4.78 is 280. The maximum atomic E-state index is 14.4. The van der Waals surface area contributed by atoms with Crippen molar-refractivity contribution < 1.29 is 104 Å². The lowest BCUT2D eigenvalue weighted by Crippen LogP contribution is -2.51. The smallest absolute Gasteiger partial charge is 0.407 e. The lowest BCUT2D eigenvalue weighted by molar-refractivity contribution is -0.0909. The van der Waals surface area contributed by atoms with Gasteiger partial charge >= 0.3 is 12.2 Å². The van der Waals surface area contributed by atoms with Crippen LogP contribution in [0, 0.1) is 37.5 Å². The largest absolute Gasteiger partial charge is 0.443 e. The number of carbonyl (C=O) groups is 2. The standard InChI is InChI=1S/2C29H37N3O8S/c2*1-18(2)15-32(41(35,36)21-9-10-26-23(14-21)19(3)31-40-26)16-25(33)24(13-20-7-5-4-6-8-20)30-29(34)39-27-17-38-28-22(27)11-12-37-28/h2*4-10,14,18,22,24-25,27-28,33H,11-13,15-17H2,1-3H3,(H,30,34)/t2*22-,24-,25+,27-,28+/m00/s1/i1D3,2D3,15D2,17D2,18D,27D;1D3,2D3,17D2,18D,27D. The van der Waals surface area contributed by atoms with E-state index in [2.05, 4.69) is 20.9 Å². The lowest BCUT2D eigenvalue weighted by atomic mass is 10.0. The number of aliphatic hydroxyl groups excluding tert-OH is 2. The number of ether oxygens (including phenoxy) is 6. The molecule has 82 heavy (non-hydrogen) atoms. The van der Waals surface area contributed by atoms with Gasteiger partial charge in [0.25, 0.3) is 0 Å². The zero-order valence-corrected chi connectivity index (χ0v) is 45.6. The Kier molecular flexibility index (Phi) is 12.4. The number of benzene rings is 4. The minimum Gasteiger partial charge on any atom is -0.443 e. The first-order valence-electron chi connectivity index (χ1n) is 36.5. The number of fused-ring (bicyclic) bond motifs is 4. The molecule has 4 aliphatic rings. The summed E-state index contributed by atoms with van der Waals surface area (Å²) in [7, 11) is -10.3. The summed E-state index contributed by atoms with van der Waals surface area (Å²) in [6.07, 6.45) is -14.8. The van der Waals surface area contributed by atoms with Crippen molar-refractivity contribution in [1.82, 2.24) is 29.6 Å². The van der Waals surface area contributed by atoms with Gasteiger partial charge in [-0.05, 0) is 98.8 Å². The molecule has 444 valence electrons. The lowest BCUT2D eigenvalue weighted by Gasteiger charge is -2.31. The Bertz CT molecular complexity index is 4280. The predicted molar refractivity (Wildman–Crippen MR) is 299 cm³/mol. The summed E-state index contributed by atoms with van der Waals surface area (Å²) in [6, 6.07) is 19.9. The molecular weight excluding hydrogens is 1100 g/mol. The Hall–Kier alpha value is -6.06. The summed E-state index contributed by atoms with van der Waals surface area (Å²) in [5.74, 6) is -9.57. The van der Waals surface area contributed by atoms with E-state index in [1.54, 1.807) is 67.6 Å². The van der Waals surface area contributed by atoms with E-state index in [1.165, 1.54) is 25.1 Å². The maximum absolute atomic E-state index is 14.4. The molecule has 4 aromatic carbocycles. The number of carbonyl (C=O) groups excluding carboxylic acids is 2. The summed E-state index contributed by atoms with van der Waals surface area (Å²) in [6.45, 7) is -25.4. The molecule has 4 N–H and O–H groups in total. The molecule has 4 fully saturated rings. The number of nitrogens with one attached hydrogen (secondary N) is 2. The van der Waals surface area contributed by atoms with Crippen molar-refractivity contribution in [2.75, 3.05) is 52.5 Å². The minimum absolute atomic E-state index is 0.0896. The molecule has 2 aromatic heterocycles. The Labute approximate surface area is 508 Å². The molecule has 0 spiro atoms. The predicted octanol–water partition coefficient (Wildman–Crippen LogP) is 6.49. The summed E-state index contributed by atoms with van der Waals surface area (Å²) in [5.41, 5.74) is 1.83. The maximum Gasteiger partial charge on any atom is 0.407 e. The zero-order chi connectivity index (χ0) is 77.4. The molecule has 4 aliphatic heterocycles. The molecule has 10 rings (SSSR count). The van der Waals surface area contributed by atoms with Gasteiger partial charge in [0, 0.05) is 58.8 Å². The van der Waals surface area contributed by atoms with Crippen molar-refractivity contribution >= 4 is 54.2 Å². The number of nitrogens with zero attached hydrogens (tertiary/aromatic N) is 4. The van der Waals surface area contributed by atoms with Crippen LogP contribution in [-0.2, 0) is 61.3 Å². The molecule has 24 heteroatoms. The second kappa shape index (κ2) is 26.7. The first-order valence-corrected chi connectivity index (χ1v) is 28.4. The monoisotopic (exact) mass is 1200 g/mol. The number of aromatic nitrogens is 2. The second-order valence-electron chi connectivity index (χ2n) is 19.4. The van der Waals surface area contributed by atoms with Crippen molar-refractivity contribution in [2.45, 2.75) is 126 Å². The number of amides is 2. The van der Waals surface area contributed by atoms with Crippen molar-refractivity contribution in [3.63, 3.8) is 0 Å². The highest BCUT2D eigenvalue weighted by molar-refractivity contribution is 7.89. The van der Waals surface area contributed by atoms with Gasteiger partial charge in [-0.25, -0.2) is 26.4 Å². The van der Waals surface area contributed by atoms with E-state index in [9.17, 15) is 36.6 Å². The van der Waals surface area contributed by atoms with Gasteiger partial charge in [-0.2, -0.15) is 8.61 Å². The highest BCUT2D eigenvalue weighted by Crippen LogP contribution is 2.35. The van der Waals surface area contributed by atoms with Crippen molar-refractivity contribution in [2.24, 2.45) is 23.6 Å². The summed E-state index contributed by atoms with van der Waals surface area (Å²) in [5, 5.41) is 36.0. The molecule has 6 heterocycles. The number of aryl methyl sites for hydroxylation is 2. The quantitative estimate of drug-likeness (QED) is 0.0565. The van der Waals surface area contributed by atoms with Crippen LogP contribution in [0.2, 0.25) is 0 Å². The van der Waals surface area contributed by atoms with E-state index in [0.717, 1.165) is 18.2 Å². The SMILES string of the molecule is [2H]C([2H])([2H])C([2H])(C([2H])([2H])[2H])C([2H])([2H])N(C[C@@H](O)[C@H](Cc1ccccc1)NC(=O)O[C@]1([2H])[C@@H]2CCO[C@@H]2OC1([2H])[2H])S(=O)(=O)c1ccc2onc(C)c2c1.[2H]C([2H])([2H])C([2H])(CN(C[C@@H](O)[C@H](Cc1ccccc1)NC(=O)O[C@]1([2H])[C@@H]2CCO[C@@H]2OC1([2H])[2H])S(=O)(=O)c1ccc2onc(C)c2c1)C([2H])([2H])[2H]. The molecule has 0 unspecified atom stereocenters. The van der Waals surface area contributed by atoms with Gasteiger partial charge in [-0.1, -0.05) is 98.4 Å². The van der Waals surface area contributed by atoms with E-state index in [1.807, 2.05) is 0 Å². The Balaban J connectivity index is 0.000000241. The summed E-state index contributed by atoms with van der Waals surface area (Å²) in [4.78, 5) is 25.6. The third-order valence-electron chi connectivity index (χ3n) is 13.6. The topological polar surface area (TPSA) is 281 Å². The van der Waals surface area contributed by atoms with Crippen molar-refractivity contribution in [3.05, 3.63) is 120 Å². The van der Waals surface area contributed by atoms with Crippen LogP contribution < -0.4 is 10.6 Å². The normalized spacial score (nSPS) is 30.3.